The highest BCUT2D eigenvalue weighted by molar-refractivity contribution is 5.81. The van der Waals surface area contributed by atoms with Crippen molar-refractivity contribution in [3.05, 3.63) is 47.5 Å². The molecule has 0 bridgehead atoms. The van der Waals surface area contributed by atoms with Crippen LogP contribution in [0.3, 0.4) is 0 Å². The van der Waals surface area contributed by atoms with Gasteiger partial charge in [0.1, 0.15) is 11.6 Å². The number of aryl methyl sites for hydroxylation is 2. The van der Waals surface area contributed by atoms with Gasteiger partial charge in [0.15, 0.2) is 0 Å². The van der Waals surface area contributed by atoms with Crippen LogP contribution in [-0.2, 0) is 0 Å². The molecule has 3 rings (SSSR count). The summed E-state index contributed by atoms with van der Waals surface area (Å²) in [4.78, 5) is 8.12. The van der Waals surface area contributed by atoms with Gasteiger partial charge in [0.05, 0.1) is 17.6 Å². The molecule has 0 aliphatic heterocycles. The Labute approximate surface area is 131 Å². The highest BCUT2D eigenvalue weighted by atomic mass is 16.5. The molecule has 0 amide bonds. The third-order valence-corrected chi connectivity index (χ3v) is 3.79. The Morgan fingerprint density at radius 2 is 1.86 bits per heavy atom. The zero-order valence-electron chi connectivity index (χ0n) is 13.6. The van der Waals surface area contributed by atoms with E-state index in [4.69, 9.17) is 9.72 Å². The molecule has 0 radical (unpaired) electrons. The Bertz CT molecular complexity index is 763. The van der Waals surface area contributed by atoms with Crippen molar-refractivity contribution in [2.24, 2.45) is 5.92 Å². The SMILES string of the molecule is Cc1cc2nc(-c3cccc(OCC(C)C)c3)[nH]c2cc1C. The average Bonchev–Trinajstić information content (AvgIpc) is 2.89. The molecule has 1 aromatic heterocycles. The third kappa shape index (κ3) is 2.98. The maximum absolute atomic E-state index is 5.80. The molecule has 1 heterocycles. The van der Waals surface area contributed by atoms with Crippen LogP contribution < -0.4 is 4.74 Å². The normalized spacial score (nSPS) is 11.3. The molecule has 3 nitrogen and oxygen atoms in total. The number of hydrogen-bond acceptors (Lipinski definition) is 2. The molecule has 0 saturated heterocycles. The summed E-state index contributed by atoms with van der Waals surface area (Å²) in [5.74, 6) is 2.29. The predicted molar refractivity (Wildman–Crippen MR) is 91.3 cm³/mol. The number of aromatic amines is 1. The van der Waals surface area contributed by atoms with Crippen molar-refractivity contribution in [3.63, 3.8) is 0 Å². The van der Waals surface area contributed by atoms with Gasteiger partial charge >= 0.3 is 0 Å². The second-order valence-electron chi connectivity index (χ2n) is 6.27. The van der Waals surface area contributed by atoms with Crippen LogP contribution in [-0.4, -0.2) is 16.6 Å². The number of H-pyrrole nitrogens is 1. The van der Waals surface area contributed by atoms with E-state index in [2.05, 4.69) is 50.9 Å². The summed E-state index contributed by atoms with van der Waals surface area (Å²) in [5.41, 5.74) is 5.67. The molecule has 0 aliphatic carbocycles. The van der Waals surface area contributed by atoms with Crippen LogP contribution in [0.2, 0.25) is 0 Å². The summed E-state index contributed by atoms with van der Waals surface area (Å²) < 4.78 is 5.80. The fraction of sp³-hybridized carbons (Fsp3) is 0.316. The van der Waals surface area contributed by atoms with Gasteiger partial charge in [-0.15, -0.1) is 0 Å². The lowest BCUT2D eigenvalue weighted by Gasteiger charge is -2.09. The molecule has 0 atom stereocenters. The zero-order chi connectivity index (χ0) is 15.7. The zero-order valence-corrected chi connectivity index (χ0v) is 13.6. The molecule has 2 aromatic carbocycles. The Morgan fingerprint density at radius 3 is 2.64 bits per heavy atom. The monoisotopic (exact) mass is 294 g/mol. The molecule has 114 valence electrons. The molecule has 0 fully saturated rings. The van der Waals surface area contributed by atoms with Gasteiger partial charge in [0, 0.05) is 5.56 Å². The third-order valence-electron chi connectivity index (χ3n) is 3.79. The van der Waals surface area contributed by atoms with E-state index in [1.54, 1.807) is 0 Å². The smallest absolute Gasteiger partial charge is 0.138 e. The molecule has 1 N–H and O–H groups in total. The first-order valence-corrected chi connectivity index (χ1v) is 7.73. The van der Waals surface area contributed by atoms with Crippen molar-refractivity contribution < 1.29 is 4.74 Å². The predicted octanol–water partition coefficient (Wildman–Crippen LogP) is 4.88. The molecule has 0 saturated carbocycles. The van der Waals surface area contributed by atoms with E-state index in [-0.39, 0.29) is 0 Å². The Kier molecular flexibility index (Phi) is 3.88. The van der Waals surface area contributed by atoms with Crippen LogP contribution >= 0.6 is 0 Å². The number of nitrogens with zero attached hydrogens (tertiary/aromatic N) is 1. The van der Waals surface area contributed by atoms with Crippen LogP contribution in [0.5, 0.6) is 5.75 Å². The van der Waals surface area contributed by atoms with Crippen molar-refractivity contribution in [1.29, 1.82) is 0 Å². The number of fused-ring (bicyclic) bond motifs is 1. The van der Waals surface area contributed by atoms with Crippen molar-refractivity contribution in [2.45, 2.75) is 27.7 Å². The van der Waals surface area contributed by atoms with Gasteiger partial charge in [0.25, 0.3) is 0 Å². The second kappa shape index (κ2) is 5.84. The lowest BCUT2D eigenvalue weighted by molar-refractivity contribution is 0.271. The Balaban J connectivity index is 1.95. The number of benzene rings is 2. The summed E-state index contributed by atoms with van der Waals surface area (Å²) in [6, 6.07) is 12.4. The molecule has 22 heavy (non-hydrogen) atoms. The van der Waals surface area contributed by atoms with Gasteiger partial charge in [-0.25, -0.2) is 4.98 Å². The number of imidazole rings is 1. The van der Waals surface area contributed by atoms with Crippen molar-refractivity contribution >= 4 is 11.0 Å². The van der Waals surface area contributed by atoms with Gasteiger partial charge in [0.2, 0.25) is 0 Å². The molecule has 0 aliphatic rings. The van der Waals surface area contributed by atoms with Crippen molar-refractivity contribution in [1.82, 2.24) is 9.97 Å². The molecule has 3 aromatic rings. The van der Waals surface area contributed by atoms with Gasteiger partial charge in [-0.3, -0.25) is 0 Å². The van der Waals surface area contributed by atoms with Crippen molar-refractivity contribution in [2.75, 3.05) is 6.61 Å². The van der Waals surface area contributed by atoms with E-state index in [1.807, 2.05) is 18.2 Å². The van der Waals surface area contributed by atoms with E-state index in [9.17, 15) is 0 Å². The number of aromatic nitrogens is 2. The highest BCUT2D eigenvalue weighted by Gasteiger charge is 2.08. The van der Waals surface area contributed by atoms with E-state index >= 15 is 0 Å². The molecule has 0 unspecified atom stereocenters. The number of ether oxygens (including phenoxy) is 1. The molecule has 0 spiro atoms. The summed E-state index contributed by atoms with van der Waals surface area (Å²) >= 11 is 0. The fourth-order valence-corrected chi connectivity index (χ4v) is 2.40. The largest absolute Gasteiger partial charge is 0.493 e. The van der Waals surface area contributed by atoms with E-state index < -0.39 is 0 Å². The van der Waals surface area contributed by atoms with Gasteiger partial charge in [-0.2, -0.15) is 0 Å². The quantitative estimate of drug-likeness (QED) is 0.744. The van der Waals surface area contributed by atoms with Crippen LogP contribution in [0.4, 0.5) is 0 Å². The molecule has 3 heteroatoms. The fourth-order valence-electron chi connectivity index (χ4n) is 2.40. The van der Waals surface area contributed by atoms with E-state index in [0.717, 1.165) is 34.8 Å². The Hall–Kier alpha value is -2.29. The summed E-state index contributed by atoms with van der Waals surface area (Å²) in [6.45, 7) is 9.25. The van der Waals surface area contributed by atoms with Crippen LogP contribution in [0.15, 0.2) is 36.4 Å². The van der Waals surface area contributed by atoms with E-state index in [1.165, 1.54) is 11.1 Å². The van der Waals surface area contributed by atoms with E-state index in [0.29, 0.717) is 5.92 Å². The lowest BCUT2D eigenvalue weighted by atomic mass is 10.1. The number of nitrogens with one attached hydrogen (secondary N) is 1. The highest BCUT2D eigenvalue weighted by Crippen LogP contribution is 2.25. The van der Waals surface area contributed by atoms with Crippen molar-refractivity contribution in [3.8, 4) is 17.1 Å². The topological polar surface area (TPSA) is 37.9 Å². The van der Waals surface area contributed by atoms with Gasteiger partial charge in [-0.1, -0.05) is 26.0 Å². The summed E-state index contributed by atoms with van der Waals surface area (Å²) in [7, 11) is 0. The minimum atomic E-state index is 0.515. The molecular formula is C19H22N2O. The Morgan fingerprint density at radius 1 is 1.09 bits per heavy atom. The van der Waals surface area contributed by atoms with Gasteiger partial charge < -0.3 is 9.72 Å². The number of rotatable bonds is 4. The minimum Gasteiger partial charge on any atom is -0.493 e. The minimum absolute atomic E-state index is 0.515. The first-order chi connectivity index (χ1) is 10.5. The average molecular weight is 294 g/mol. The van der Waals surface area contributed by atoms with Crippen LogP contribution in [0.25, 0.3) is 22.4 Å². The van der Waals surface area contributed by atoms with Gasteiger partial charge in [-0.05, 0) is 55.2 Å². The lowest BCUT2D eigenvalue weighted by Crippen LogP contribution is -2.04. The molecular weight excluding hydrogens is 272 g/mol. The first kappa shape index (κ1) is 14.6. The van der Waals surface area contributed by atoms with Crippen LogP contribution in [0.1, 0.15) is 25.0 Å². The van der Waals surface area contributed by atoms with Crippen LogP contribution in [0, 0.1) is 19.8 Å². The standard InChI is InChI=1S/C19H22N2O/c1-12(2)11-22-16-7-5-6-15(10-16)19-20-17-8-13(3)14(4)9-18(17)21-19/h5-10,12H,11H2,1-4H3,(H,20,21). The number of hydrogen-bond donors (Lipinski definition) is 1. The second-order valence-corrected chi connectivity index (χ2v) is 6.27. The maximum Gasteiger partial charge on any atom is 0.138 e. The maximum atomic E-state index is 5.80. The summed E-state index contributed by atoms with van der Waals surface area (Å²) in [5, 5.41) is 0. The first-order valence-electron chi connectivity index (χ1n) is 7.73. The summed E-state index contributed by atoms with van der Waals surface area (Å²) in [6.07, 6.45) is 0.